The first-order valence-electron chi connectivity index (χ1n) is 16.4. The van der Waals surface area contributed by atoms with Gasteiger partial charge in [-0.2, -0.15) is 0 Å². The van der Waals surface area contributed by atoms with E-state index in [4.69, 9.17) is 0 Å². The molecule has 0 unspecified atom stereocenters. The maximum absolute atomic E-state index is 12.7. The molecule has 48 heavy (non-hydrogen) atoms. The summed E-state index contributed by atoms with van der Waals surface area (Å²) in [6.07, 6.45) is 4.58. The van der Waals surface area contributed by atoms with Crippen molar-refractivity contribution >= 4 is 39.1 Å². The van der Waals surface area contributed by atoms with Gasteiger partial charge in [0, 0.05) is 36.1 Å². The van der Waals surface area contributed by atoms with Crippen LogP contribution in [0, 0.1) is 20.8 Å². The molecule has 0 fully saturated rings. The zero-order valence-electron chi connectivity index (χ0n) is 27.9. The SMILES string of the molecule is Cc1cc(-c2cc(C)c(=O)n(C)c2)cc2c1N(Cc1ccccc1)C(=O)CC2.Cc1cc(Br)cc2c1N(Cc1ccccc1)C(=O)CC2. The molecular formula is C41H40BrN3O3. The van der Waals surface area contributed by atoms with E-state index in [-0.39, 0.29) is 17.4 Å². The minimum atomic E-state index is 0.0260. The number of hydrogen-bond acceptors (Lipinski definition) is 3. The van der Waals surface area contributed by atoms with Crippen molar-refractivity contribution in [1.29, 1.82) is 0 Å². The number of amides is 2. The predicted molar refractivity (Wildman–Crippen MR) is 197 cm³/mol. The largest absolute Gasteiger partial charge is 0.318 e. The number of carbonyl (C=O) groups is 2. The average Bonchev–Trinajstić information content (AvgIpc) is 3.07. The van der Waals surface area contributed by atoms with Crippen molar-refractivity contribution in [3.05, 3.63) is 151 Å². The summed E-state index contributed by atoms with van der Waals surface area (Å²) in [4.78, 5) is 40.9. The van der Waals surface area contributed by atoms with Crippen molar-refractivity contribution in [2.24, 2.45) is 7.05 Å². The molecule has 244 valence electrons. The number of aryl methyl sites for hydroxylation is 6. The lowest BCUT2D eigenvalue weighted by Crippen LogP contribution is -2.35. The second-order valence-corrected chi connectivity index (χ2v) is 13.7. The van der Waals surface area contributed by atoms with Crippen molar-refractivity contribution in [2.75, 3.05) is 9.80 Å². The van der Waals surface area contributed by atoms with Gasteiger partial charge in [0.15, 0.2) is 0 Å². The van der Waals surface area contributed by atoms with Crippen LogP contribution < -0.4 is 15.4 Å². The fourth-order valence-electron chi connectivity index (χ4n) is 6.88. The summed E-state index contributed by atoms with van der Waals surface area (Å²) in [7, 11) is 1.78. The van der Waals surface area contributed by atoms with Crippen LogP contribution in [-0.4, -0.2) is 16.4 Å². The second kappa shape index (κ2) is 14.2. The van der Waals surface area contributed by atoms with Gasteiger partial charge in [0.1, 0.15) is 0 Å². The number of pyridine rings is 1. The van der Waals surface area contributed by atoms with Gasteiger partial charge in [-0.25, -0.2) is 0 Å². The smallest absolute Gasteiger partial charge is 0.253 e. The molecule has 0 bridgehead atoms. The van der Waals surface area contributed by atoms with E-state index in [2.05, 4.69) is 78.3 Å². The third kappa shape index (κ3) is 7.07. The Kier molecular flexibility index (Phi) is 9.78. The normalized spacial score (nSPS) is 13.9. The Balaban J connectivity index is 0.000000177. The molecule has 0 spiro atoms. The van der Waals surface area contributed by atoms with Crippen molar-refractivity contribution in [1.82, 2.24) is 4.57 Å². The highest BCUT2D eigenvalue weighted by atomic mass is 79.9. The summed E-state index contributed by atoms with van der Waals surface area (Å²) in [5.74, 6) is 0.386. The molecule has 2 amide bonds. The number of anilines is 2. The fourth-order valence-corrected chi connectivity index (χ4v) is 7.50. The van der Waals surface area contributed by atoms with E-state index in [0.29, 0.717) is 25.9 Å². The molecule has 2 aliphatic rings. The van der Waals surface area contributed by atoms with Crippen LogP contribution in [0.15, 0.2) is 106 Å². The van der Waals surface area contributed by atoms with Crippen molar-refractivity contribution in [2.45, 2.75) is 59.5 Å². The first-order valence-corrected chi connectivity index (χ1v) is 17.2. The van der Waals surface area contributed by atoms with Gasteiger partial charge in [0.25, 0.3) is 5.56 Å². The van der Waals surface area contributed by atoms with Crippen LogP contribution in [0.2, 0.25) is 0 Å². The number of benzene rings is 4. The Morgan fingerprint density at radius 3 is 1.58 bits per heavy atom. The van der Waals surface area contributed by atoms with E-state index in [9.17, 15) is 14.4 Å². The summed E-state index contributed by atoms with van der Waals surface area (Å²) >= 11 is 3.54. The van der Waals surface area contributed by atoms with Crippen LogP contribution in [0.5, 0.6) is 0 Å². The molecule has 2 aliphatic heterocycles. The molecule has 0 atom stereocenters. The molecule has 0 saturated carbocycles. The fraction of sp³-hybridized carbons (Fsp3) is 0.244. The predicted octanol–water partition coefficient (Wildman–Crippen LogP) is 8.39. The third-order valence-electron chi connectivity index (χ3n) is 9.14. The van der Waals surface area contributed by atoms with Gasteiger partial charge in [-0.15, -0.1) is 0 Å². The van der Waals surface area contributed by atoms with Crippen LogP contribution in [0.1, 0.15) is 51.8 Å². The van der Waals surface area contributed by atoms with Crippen LogP contribution in [0.4, 0.5) is 11.4 Å². The van der Waals surface area contributed by atoms with Crippen LogP contribution in [0.25, 0.3) is 11.1 Å². The van der Waals surface area contributed by atoms with E-state index < -0.39 is 0 Å². The number of rotatable bonds is 5. The standard InChI is InChI=1S/C24H24N2O2.C17H16BrNO/c1-16-11-20(21-12-17(2)24(28)25(3)15-21)13-19-9-10-22(27)26(23(16)19)14-18-7-5-4-6-8-18;1-12-9-15(18)10-14-7-8-16(20)19(17(12)14)11-13-5-3-2-4-6-13/h4-8,11-13,15H,9-10,14H2,1-3H3;2-6,9-10H,7-8,11H2,1H3. The summed E-state index contributed by atoms with van der Waals surface area (Å²) in [5, 5.41) is 0. The summed E-state index contributed by atoms with van der Waals surface area (Å²) in [6, 6.07) is 30.7. The van der Waals surface area contributed by atoms with E-state index in [1.54, 1.807) is 11.6 Å². The Morgan fingerprint density at radius 2 is 1.06 bits per heavy atom. The molecule has 1 aromatic heterocycles. The molecule has 5 aromatic rings. The molecule has 7 rings (SSSR count). The molecule has 4 aromatic carbocycles. The van der Waals surface area contributed by atoms with Gasteiger partial charge in [-0.1, -0.05) is 76.6 Å². The molecule has 0 saturated heterocycles. The van der Waals surface area contributed by atoms with E-state index in [0.717, 1.165) is 67.6 Å². The number of carbonyl (C=O) groups excluding carboxylic acids is 2. The Morgan fingerprint density at radius 1 is 0.583 bits per heavy atom. The first-order chi connectivity index (χ1) is 23.1. The Bertz CT molecular complexity index is 2030. The molecular weight excluding hydrogens is 662 g/mol. The van der Waals surface area contributed by atoms with Crippen molar-refractivity contribution in [3.63, 3.8) is 0 Å². The summed E-state index contributed by atoms with van der Waals surface area (Å²) in [6.45, 7) is 7.21. The lowest BCUT2D eigenvalue weighted by molar-refractivity contribution is -0.119. The molecule has 0 radical (unpaired) electrons. The summed E-state index contributed by atoms with van der Waals surface area (Å²) < 4.78 is 2.72. The third-order valence-corrected chi connectivity index (χ3v) is 9.60. The highest BCUT2D eigenvalue weighted by Gasteiger charge is 2.27. The van der Waals surface area contributed by atoms with Crippen molar-refractivity contribution in [3.8, 4) is 11.1 Å². The number of aromatic nitrogens is 1. The van der Waals surface area contributed by atoms with E-state index >= 15 is 0 Å². The zero-order valence-corrected chi connectivity index (χ0v) is 29.5. The molecule has 6 nitrogen and oxygen atoms in total. The highest BCUT2D eigenvalue weighted by Crippen LogP contribution is 2.37. The molecule has 0 N–H and O–H groups in total. The highest BCUT2D eigenvalue weighted by molar-refractivity contribution is 9.10. The lowest BCUT2D eigenvalue weighted by Gasteiger charge is -2.32. The zero-order chi connectivity index (χ0) is 33.9. The van der Waals surface area contributed by atoms with E-state index in [1.807, 2.05) is 65.4 Å². The Labute approximate surface area is 290 Å². The minimum absolute atomic E-state index is 0.0260. The molecule has 3 heterocycles. The topological polar surface area (TPSA) is 62.6 Å². The number of fused-ring (bicyclic) bond motifs is 2. The monoisotopic (exact) mass is 701 g/mol. The van der Waals surface area contributed by atoms with Gasteiger partial charge in [0.05, 0.1) is 24.5 Å². The maximum Gasteiger partial charge on any atom is 0.253 e. The van der Waals surface area contributed by atoms with E-state index in [1.165, 1.54) is 11.1 Å². The lowest BCUT2D eigenvalue weighted by atomic mass is 9.92. The van der Waals surface area contributed by atoms with Crippen LogP contribution in [0.3, 0.4) is 0 Å². The number of hydrogen-bond donors (Lipinski definition) is 0. The summed E-state index contributed by atoms with van der Waals surface area (Å²) in [5.41, 5.74) is 12.0. The van der Waals surface area contributed by atoms with Gasteiger partial charge < -0.3 is 14.4 Å². The Hall–Kier alpha value is -4.75. The van der Waals surface area contributed by atoms with Crippen LogP contribution >= 0.6 is 15.9 Å². The second-order valence-electron chi connectivity index (χ2n) is 12.8. The minimum Gasteiger partial charge on any atom is -0.318 e. The maximum atomic E-state index is 12.7. The van der Waals surface area contributed by atoms with Crippen LogP contribution in [-0.2, 0) is 42.6 Å². The number of nitrogens with zero attached hydrogens (tertiary/aromatic N) is 3. The van der Waals surface area contributed by atoms with Gasteiger partial charge >= 0.3 is 0 Å². The molecule has 7 heteroatoms. The van der Waals surface area contributed by atoms with Gasteiger partial charge in [-0.05, 0) is 108 Å². The quantitative estimate of drug-likeness (QED) is 0.185. The van der Waals surface area contributed by atoms with Gasteiger partial charge in [0.2, 0.25) is 11.8 Å². The van der Waals surface area contributed by atoms with Gasteiger partial charge in [-0.3, -0.25) is 14.4 Å². The average molecular weight is 703 g/mol. The number of halogens is 1. The first kappa shape index (κ1) is 33.2. The molecule has 0 aliphatic carbocycles. The van der Waals surface area contributed by atoms with Crippen molar-refractivity contribution < 1.29 is 9.59 Å².